The van der Waals surface area contributed by atoms with Gasteiger partial charge in [-0.3, -0.25) is 0 Å². The lowest BCUT2D eigenvalue weighted by molar-refractivity contribution is -0.659. The van der Waals surface area contributed by atoms with Crippen molar-refractivity contribution in [2.75, 3.05) is 0 Å². The summed E-state index contributed by atoms with van der Waals surface area (Å²) in [6.07, 6.45) is 2.09. The van der Waals surface area contributed by atoms with Gasteiger partial charge in [-0.2, -0.15) is 4.57 Å². The highest BCUT2D eigenvalue weighted by Crippen LogP contribution is 2.41. The molecule has 0 spiro atoms. The predicted molar refractivity (Wildman–Crippen MR) is 149 cm³/mol. The number of fused-ring (bicyclic) bond motifs is 6. The topological polar surface area (TPSA) is 21.9 Å². The van der Waals surface area contributed by atoms with Crippen LogP contribution in [0.25, 0.3) is 60.7 Å². The van der Waals surface area contributed by atoms with E-state index in [0.29, 0.717) is 5.52 Å². The van der Waals surface area contributed by atoms with E-state index in [2.05, 4.69) is 75.0 Å². The summed E-state index contributed by atoms with van der Waals surface area (Å²) in [6, 6.07) is 26.0. The molecule has 0 unspecified atom stereocenters. The van der Waals surface area contributed by atoms with Crippen LogP contribution in [0, 0.1) is 26.6 Å². The summed E-state index contributed by atoms with van der Waals surface area (Å²) < 4.78 is 26.2. The fourth-order valence-corrected chi connectivity index (χ4v) is 5.92. The molecule has 37 heavy (non-hydrogen) atoms. The largest absolute Gasteiger partial charge is 0.449 e. The van der Waals surface area contributed by atoms with Gasteiger partial charge in [0.25, 0.3) is 5.69 Å². The zero-order chi connectivity index (χ0) is 25.4. The molecule has 0 atom stereocenters. The summed E-state index contributed by atoms with van der Waals surface area (Å²) in [6.45, 7) is 6.45. The summed E-state index contributed by atoms with van der Waals surface area (Å²) in [4.78, 5) is 0. The van der Waals surface area contributed by atoms with Crippen LogP contribution in [-0.2, 0) is 7.05 Å². The van der Waals surface area contributed by atoms with Gasteiger partial charge in [0, 0.05) is 22.2 Å². The quantitative estimate of drug-likeness (QED) is 0.226. The molecule has 0 bridgehead atoms. The Hall–Kier alpha value is -4.44. The molecule has 0 amide bonds. The standard InChI is InChI=1S/C33H26FN2O/c1-19-17-20(2)21(3)25(18-19)32-33-24(15-16-35(32)4)30-28(13-8-14-29(30)37-33)36-27-12-6-5-9-22(27)23-10-7-11-26(34)31(23)36/h5-18H,1-4H3/q+1. The first-order valence-electron chi connectivity index (χ1n) is 12.5. The fourth-order valence-electron chi connectivity index (χ4n) is 5.92. The number of hydrogen-bond acceptors (Lipinski definition) is 1. The predicted octanol–water partition coefficient (Wildman–Crippen LogP) is 8.24. The fraction of sp³-hybridized carbons (Fsp3) is 0.121. The van der Waals surface area contributed by atoms with E-state index in [1.54, 1.807) is 6.07 Å². The van der Waals surface area contributed by atoms with Crippen LogP contribution in [0.5, 0.6) is 0 Å². The molecule has 4 heteroatoms. The lowest BCUT2D eigenvalue weighted by Crippen LogP contribution is -2.30. The summed E-state index contributed by atoms with van der Waals surface area (Å²) in [5.74, 6) is -0.239. The number of halogens is 1. The second kappa shape index (κ2) is 7.78. The van der Waals surface area contributed by atoms with Crippen molar-refractivity contribution in [3.8, 4) is 16.9 Å². The van der Waals surface area contributed by atoms with Crippen LogP contribution < -0.4 is 4.57 Å². The van der Waals surface area contributed by atoms with Crippen molar-refractivity contribution in [2.45, 2.75) is 20.8 Å². The number of benzene rings is 4. The van der Waals surface area contributed by atoms with Crippen molar-refractivity contribution in [2.24, 2.45) is 7.05 Å². The Morgan fingerprint density at radius 2 is 1.59 bits per heavy atom. The van der Waals surface area contributed by atoms with E-state index in [4.69, 9.17) is 4.42 Å². The van der Waals surface area contributed by atoms with Gasteiger partial charge in [0.15, 0.2) is 6.20 Å². The zero-order valence-electron chi connectivity index (χ0n) is 21.3. The van der Waals surface area contributed by atoms with Gasteiger partial charge in [0.1, 0.15) is 18.4 Å². The van der Waals surface area contributed by atoms with Gasteiger partial charge in [-0.1, -0.05) is 48.0 Å². The molecule has 0 aliphatic rings. The lowest BCUT2D eigenvalue weighted by atomic mass is 9.96. The van der Waals surface area contributed by atoms with E-state index in [0.717, 1.165) is 55.2 Å². The molecule has 180 valence electrons. The Morgan fingerprint density at radius 3 is 2.46 bits per heavy atom. The Bertz CT molecular complexity index is 2040. The third-order valence-electron chi connectivity index (χ3n) is 7.72. The van der Waals surface area contributed by atoms with Crippen LogP contribution in [0.1, 0.15) is 16.7 Å². The second-order valence-electron chi connectivity index (χ2n) is 10.0. The van der Waals surface area contributed by atoms with Crippen molar-refractivity contribution in [1.82, 2.24) is 4.57 Å². The first kappa shape index (κ1) is 21.8. The van der Waals surface area contributed by atoms with Gasteiger partial charge in [-0.25, -0.2) is 4.39 Å². The Morgan fingerprint density at radius 1 is 0.811 bits per heavy atom. The normalized spacial score (nSPS) is 11.9. The minimum absolute atomic E-state index is 0.239. The Labute approximate surface area is 214 Å². The molecule has 0 fully saturated rings. The summed E-state index contributed by atoms with van der Waals surface area (Å²) >= 11 is 0. The number of aryl methyl sites for hydroxylation is 3. The highest BCUT2D eigenvalue weighted by molar-refractivity contribution is 6.15. The molecule has 0 saturated carbocycles. The van der Waals surface area contributed by atoms with E-state index < -0.39 is 0 Å². The van der Waals surface area contributed by atoms with Crippen molar-refractivity contribution < 1.29 is 13.4 Å². The maximum Gasteiger partial charge on any atom is 0.256 e. The molecule has 7 aromatic rings. The van der Waals surface area contributed by atoms with Crippen LogP contribution in [0.15, 0.2) is 89.5 Å². The van der Waals surface area contributed by atoms with Gasteiger partial charge >= 0.3 is 0 Å². The van der Waals surface area contributed by atoms with Crippen LogP contribution in [0.3, 0.4) is 0 Å². The third-order valence-corrected chi connectivity index (χ3v) is 7.72. The monoisotopic (exact) mass is 485 g/mol. The second-order valence-corrected chi connectivity index (χ2v) is 10.0. The lowest BCUT2D eigenvalue weighted by Gasteiger charge is -2.10. The molecule has 0 radical (unpaired) electrons. The van der Waals surface area contributed by atoms with E-state index >= 15 is 4.39 Å². The first-order chi connectivity index (χ1) is 17.9. The van der Waals surface area contributed by atoms with Crippen molar-refractivity contribution in [1.29, 1.82) is 0 Å². The number of nitrogens with zero attached hydrogens (tertiary/aromatic N) is 2. The van der Waals surface area contributed by atoms with E-state index in [-0.39, 0.29) is 5.82 Å². The maximum absolute atomic E-state index is 15.4. The molecule has 3 nitrogen and oxygen atoms in total. The average molecular weight is 486 g/mol. The maximum atomic E-state index is 15.4. The van der Waals surface area contributed by atoms with Crippen molar-refractivity contribution in [3.05, 3.63) is 108 Å². The van der Waals surface area contributed by atoms with Gasteiger partial charge in [-0.05, 0) is 62.2 Å². The number of rotatable bonds is 2. The molecule has 3 aromatic heterocycles. The summed E-state index contributed by atoms with van der Waals surface area (Å²) in [5.41, 5.74) is 9.98. The van der Waals surface area contributed by atoms with Crippen LogP contribution in [0.4, 0.5) is 4.39 Å². The molecule has 0 aliphatic carbocycles. The Balaban J connectivity index is 1.64. The van der Waals surface area contributed by atoms with Crippen LogP contribution in [0.2, 0.25) is 0 Å². The third kappa shape index (κ3) is 3.02. The van der Waals surface area contributed by atoms with Gasteiger partial charge in [0.2, 0.25) is 5.58 Å². The number of hydrogen-bond donors (Lipinski definition) is 0. The number of para-hydroxylation sites is 2. The van der Waals surface area contributed by atoms with Gasteiger partial charge < -0.3 is 8.98 Å². The zero-order valence-corrected chi connectivity index (χ0v) is 21.3. The summed E-state index contributed by atoms with van der Waals surface area (Å²) in [7, 11) is 2.06. The van der Waals surface area contributed by atoms with E-state index in [9.17, 15) is 0 Å². The number of aromatic nitrogens is 2. The molecule has 0 saturated heterocycles. The smallest absolute Gasteiger partial charge is 0.256 e. The van der Waals surface area contributed by atoms with Gasteiger partial charge in [0.05, 0.1) is 27.7 Å². The Kier molecular flexibility index (Phi) is 4.58. The molecular weight excluding hydrogens is 459 g/mol. The first-order valence-corrected chi connectivity index (χ1v) is 12.5. The SMILES string of the molecule is Cc1cc(C)c(C)c(-c2c3oc4cccc(-n5c6ccccc6c6cccc(F)c65)c4c3cc[n+]2C)c1. The minimum Gasteiger partial charge on any atom is -0.449 e. The molecule has 3 heterocycles. The van der Waals surface area contributed by atoms with Crippen molar-refractivity contribution in [3.63, 3.8) is 0 Å². The van der Waals surface area contributed by atoms with Crippen LogP contribution in [-0.4, -0.2) is 4.57 Å². The minimum atomic E-state index is -0.239. The van der Waals surface area contributed by atoms with Gasteiger partial charge in [-0.15, -0.1) is 0 Å². The highest BCUT2D eigenvalue weighted by atomic mass is 19.1. The molecule has 0 aliphatic heterocycles. The molecule has 7 rings (SSSR count). The molecule has 0 N–H and O–H groups in total. The number of pyridine rings is 1. The highest BCUT2D eigenvalue weighted by Gasteiger charge is 2.25. The average Bonchev–Trinajstić information content (AvgIpc) is 3.43. The van der Waals surface area contributed by atoms with Crippen LogP contribution >= 0.6 is 0 Å². The molecular formula is C33H26FN2O+. The van der Waals surface area contributed by atoms with E-state index in [1.165, 1.54) is 22.8 Å². The summed E-state index contributed by atoms with van der Waals surface area (Å²) in [5, 5.41) is 3.92. The number of furan rings is 1. The molecule has 4 aromatic carbocycles. The van der Waals surface area contributed by atoms with Crippen molar-refractivity contribution >= 4 is 43.7 Å². The van der Waals surface area contributed by atoms with E-state index in [1.807, 2.05) is 34.9 Å².